The summed E-state index contributed by atoms with van der Waals surface area (Å²) in [5.74, 6) is 1.10. The second kappa shape index (κ2) is 11.4. The third kappa shape index (κ3) is 5.96. The average molecular weight is 490 g/mol. The van der Waals surface area contributed by atoms with Gasteiger partial charge in [-0.1, -0.05) is 23.7 Å². The normalized spacial score (nSPS) is 10.9. The minimum Gasteiger partial charge on any atom is -0.493 e. The van der Waals surface area contributed by atoms with Crippen molar-refractivity contribution in [1.82, 2.24) is 9.88 Å². The van der Waals surface area contributed by atoms with Gasteiger partial charge in [0.05, 0.1) is 27.0 Å². The maximum atomic E-state index is 13.7. The smallest absolute Gasteiger partial charge is 0.260 e. The number of benzene rings is 2. The van der Waals surface area contributed by atoms with Crippen LogP contribution in [0.4, 0.5) is 5.13 Å². The highest BCUT2D eigenvalue weighted by Gasteiger charge is 2.24. The quantitative estimate of drug-likeness (QED) is 0.395. The monoisotopic (exact) mass is 489 g/mol. The Balaban J connectivity index is 1.97. The maximum Gasteiger partial charge on any atom is 0.260 e. The standard InChI is InChI=1S/C24H28ClN3O4S/c1-27(2)11-6-12-28(24-26-19(15-33-24)16-7-9-18(25)10-8-16)23(29)17-13-20(30-3)22(32-5)21(14-17)31-4/h7-10,13-15H,6,11-12H2,1-5H3. The molecule has 0 aliphatic rings. The first-order valence-corrected chi connectivity index (χ1v) is 11.6. The lowest BCUT2D eigenvalue weighted by atomic mass is 10.1. The average Bonchev–Trinajstić information content (AvgIpc) is 3.30. The molecule has 0 radical (unpaired) electrons. The number of carbonyl (C=O) groups is 1. The fraction of sp³-hybridized carbons (Fsp3) is 0.333. The van der Waals surface area contributed by atoms with Gasteiger partial charge in [0.25, 0.3) is 5.91 Å². The van der Waals surface area contributed by atoms with Crippen LogP contribution in [0.5, 0.6) is 17.2 Å². The van der Waals surface area contributed by atoms with Crippen LogP contribution < -0.4 is 19.1 Å². The van der Waals surface area contributed by atoms with Gasteiger partial charge in [-0.15, -0.1) is 11.3 Å². The number of nitrogens with zero attached hydrogens (tertiary/aromatic N) is 3. The molecule has 176 valence electrons. The molecule has 0 atom stereocenters. The van der Waals surface area contributed by atoms with E-state index >= 15 is 0 Å². The second-order valence-electron chi connectivity index (χ2n) is 7.55. The summed E-state index contributed by atoms with van der Waals surface area (Å²) < 4.78 is 16.3. The molecule has 0 unspecified atom stereocenters. The number of aromatic nitrogens is 1. The summed E-state index contributed by atoms with van der Waals surface area (Å²) in [4.78, 5) is 22.2. The molecule has 3 aromatic rings. The van der Waals surface area contributed by atoms with Crippen molar-refractivity contribution in [3.63, 3.8) is 0 Å². The Morgan fingerprint density at radius 1 is 1.00 bits per heavy atom. The van der Waals surface area contributed by atoms with E-state index in [-0.39, 0.29) is 5.91 Å². The molecule has 1 heterocycles. The van der Waals surface area contributed by atoms with Crippen molar-refractivity contribution in [2.24, 2.45) is 0 Å². The molecular weight excluding hydrogens is 462 g/mol. The van der Waals surface area contributed by atoms with Crippen molar-refractivity contribution < 1.29 is 19.0 Å². The first kappa shape index (κ1) is 24.8. The van der Waals surface area contributed by atoms with Crippen LogP contribution in [0.2, 0.25) is 5.02 Å². The van der Waals surface area contributed by atoms with Crippen LogP contribution in [0.15, 0.2) is 41.8 Å². The molecule has 0 spiro atoms. The highest BCUT2D eigenvalue weighted by Crippen LogP contribution is 2.39. The zero-order valence-corrected chi connectivity index (χ0v) is 21.0. The topological polar surface area (TPSA) is 64.1 Å². The van der Waals surface area contributed by atoms with E-state index in [1.165, 1.54) is 32.7 Å². The molecule has 9 heteroatoms. The van der Waals surface area contributed by atoms with Gasteiger partial charge < -0.3 is 19.1 Å². The summed E-state index contributed by atoms with van der Waals surface area (Å²) >= 11 is 7.44. The SMILES string of the molecule is COc1cc(C(=O)N(CCCN(C)C)c2nc(-c3ccc(Cl)cc3)cs2)cc(OC)c1OC. The molecule has 0 saturated heterocycles. The second-order valence-corrected chi connectivity index (χ2v) is 8.82. The molecule has 2 aromatic carbocycles. The van der Waals surface area contributed by atoms with Crippen LogP contribution >= 0.6 is 22.9 Å². The third-order valence-corrected chi connectivity index (χ3v) is 6.12. The predicted octanol–water partition coefficient (Wildman–Crippen LogP) is 5.09. The Kier molecular flexibility index (Phi) is 8.55. The first-order chi connectivity index (χ1) is 15.9. The molecule has 0 bridgehead atoms. The summed E-state index contributed by atoms with van der Waals surface area (Å²) in [6.45, 7) is 1.36. The number of anilines is 1. The molecule has 33 heavy (non-hydrogen) atoms. The lowest BCUT2D eigenvalue weighted by Gasteiger charge is -2.22. The predicted molar refractivity (Wildman–Crippen MR) is 134 cm³/mol. The van der Waals surface area contributed by atoms with Gasteiger partial charge in [-0.2, -0.15) is 0 Å². The van der Waals surface area contributed by atoms with E-state index in [9.17, 15) is 4.79 Å². The van der Waals surface area contributed by atoms with Crippen LogP contribution in [-0.4, -0.2) is 64.3 Å². The van der Waals surface area contributed by atoms with Gasteiger partial charge in [0, 0.05) is 28.1 Å². The molecule has 0 aliphatic carbocycles. The van der Waals surface area contributed by atoms with E-state index in [4.69, 9.17) is 30.8 Å². The molecule has 0 aliphatic heterocycles. The van der Waals surface area contributed by atoms with E-state index in [1.54, 1.807) is 17.0 Å². The number of thiazole rings is 1. The fourth-order valence-corrected chi connectivity index (χ4v) is 4.32. The third-order valence-electron chi connectivity index (χ3n) is 5.01. The summed E-state index contributed by atoms with van der Waals surface area (Å²) in [5.41, 5.74) is 2.16. The van der Waals surface area contributed by atoms with Crippen molar-refractivity contribution in [3.05, 3.63) is 52.4 Å². The number of amides is 1. The van der Waals surface area contributed by atoms with Gasteiger partial charge in [-0.05, 0) is 51.3 Å². The van der Waals surface area contributed by atoms with E-state index in [0.29, 0.717) is 39.5 Å². The maximum absolute atomic E-state index is 13.7. The molecule has 3 rings (SSSR count). The Labute approximate surface area is 203 Å². The lowest BCUT2D eigenvalue weighted by Crippen LogP contribution is -2.33. The Bertz CT molecular complexity index is 1060. The minimum atomic E-state index is -0.190. The summed E-state index contributed by atoms with van der Waals surface area (Å²) in [6.07, 6.45) is 0.791. The number of methoxy groups -OCH3 is 3. The van der Waals surface area contributed by atoms with E-state index in [0.717, 1.165) is 24.2 Å². The Hall–Kier alpha value is -2.81. The van der Waals surface area contributed by atoms with E-state index < -0.39 is 0 Å². The minimum absolute atomic E-state index is 0.190. The molecule has 0 N–H and O–H groups in total. The molecule has 7 nitrogen and oxygen atoms in total. The Morgan fingerprint density at radius 2 is 1.64 bits per heavy atom. The van der Waals surface area contributed by atoms with Crippen LogP contribution in [0.1, 0.15) is 16.8 Å². The largest absolute Gasteiger partial charge is 0.493 e. The van der Waals surface area contributed by atoms with Crippen molar-refractivity contribution >= 4 is 34.0 Å². The number of halogens is 1. The van der Waals surface area contributed by atoms with Gasteiger partial charge in [0.2, 0.25) is 5.75 Å². The molecular formula is C24H28ClN3O4S. The van der Waals surface area contributed by atoms with Crippen LogP contribution in [0.3, 0.4) is 0 Å². The van der Waals surface area contributed by atoms with Gasteiger partial charge in [-0.3, -0.25) is 9.69 Å². The van der Waals surface area contributed by atoms with Crippen molar-refractivity contribution in [3.8, 4) is 28.5 Å². The molecule has 1 amide bonds. The Morgan fingerprint density at radius 3 is 2.18 bits per heavy atom. The fourth-order valence-electron chi connectivity index (χ4n) is 3.33. The highest BCUT2D eigenvalue weighted by atomic mass is 35.5. The zero-order valence-electron chi connectivity index (χ0n) is 19.4. The molecule has 1 aromatic heterocycles. The number of ether oxygens (including phenoxy) is 3. The van der Waals surface area contributed by atoms with Crippen LogP contribution in [0.25, 0.3) is 11.3 Å². The zero-order chi connectivity index (χ0) is 24.0. The summed E-state index contributed by atoms with van der Waals surface area (Å²) in [7, 11) is 8.60. The number of carbonyl (C=O) groups excluding carboxylic acids is 1. The van der Waals surface area contributed by atoms with Crippen molar-refractivity contribution in [2.45, 2.75) is 6.42 Å². The van der Waals surface area contributed by atoms with E-state index in [2.05, 4.69) is 4.90 Å². The van der Waals surface area contributed by atoms with E-state index in [1.807, 2.05) is 43.7 Å². The summed E-state index contributed by atoms with van der Waals surface area (Å²) in [5, 5.41) is 3.23. The van der Waals surface area contributed by atoms with Crippen molar-refractivity contribution in [2.75, 3.05) is 53.4 Å². The summed E-state index contributed by atoms with van der Waals surface area (Å²) in [6, 6.07) is 10.8. The number of rotatable bonds is 10. The van der Waals surface area contributed by atoms with Gasteiger partial charge in [-0.25, -0.2) is 4.98 Å². The van der Waals surface area contributed by atoms with Crippen LogP contribution in [0, 0.1) is 0 Å². The first-order valence-electron chi connectivity index (χ1n) is 10.4. The number of hydrogen-bond acceptors (Lipinski definition) is 7. The molecule has 0 saturated carbocycles. The van der Waals surface area contributed by atoms with Crippen molar-refractivity contribution in [1.29, 1.82) is 0 Å². The van der Waals surface area contributed by atoms with Gasteiger partial charge >= 0.3 is 0 Å². The van der Waals surface area contributed by atoms with Crippen LogP contribution in [-0.2, 0) is 0 Å². The highest BCUT2D eigenvalue weighted by molar-refractivity contribution is 7.14. The van der Waals surface area contributed by atoms with Gasteiger partial charge in [0.1, 0.15) is 0 Å². The number of hydrogen-bond donors (Lipinski definition) is 0. The molecule has 0 fully saturated rings. The van der Waals surface area contributed by atoms with Gasteiger partial charge in [0.15, 0.2) is 16.6 Å². The lowest BCUT2D eigenvalue weighted by molar-refractivity contribution is 0.0985.